The van der Waals surface area contributed by atoms with Crippen LogP contribution in [0.3, 0.4) is 0 Å². The predicted octanol–water partition coefficient (Wildman–Crippen LogP) is 3.41. The molecule has 0 fully saturated rings. The number of nitrogens with zero attached hydrogens (tertiary/aromatic N) is 2. The Bertz CT molecular complexity index is 1100. The van der Waals surface area contributed by atoms with Crippen molar-refractivity contribution in [2.75, 3.05) is 24.7 Å². The van der Waals surface area contributed by atoms with E-state index in [1.54, 1.807) is 13.0 Å². The number of hydrogen-bond acceptors (Lipinski definition) is 6. The first-order valence-corrected chi connectivity index (χ1v) is 11.1. The lowest BCUT2D eigenvalue weighted by atomic mass is 10.1. The van der Waals surface area contributed by atoms with Gasteiger partial charge in [0, 0.05) is 30.5 Å². The monoisotopic (exact) mass is 473 g/mol. The quantitative estimate of drug-likeness (QED) is 0.484. The highest BCUT2D eigenvalue weighted by molar-refractivity contribution is 7.90. The number of benzene rings is 2. The van der Waals surface area contributed by atoms with E-state index in [4.69, 9.17) is 23.2 Å². The van der Waals surface area contributed by atoms with Crippen molar-refractivity contribution in [2.45, 2.75) is 11.8 Å². The van der Waals surface area contributed by atoms with Crippen LogP contribution in [0, 0.1) is 10.1 Å². The minimum absolute atomic E-state index is 0.0827. The second-order valence-corrected chi connectivity index (χ2v) is 9.04. The van der Waals surface area contributed by atoms with Gasteiger partial charge in [0.25, 0.3) is 11.6 Å². The molecule has 0 spiro atoms. The zero-order valence-electron chi connectivity index (χ0n) is 15.9. The number of nitro groups is 1. The van der Waals surface area contributed by atoms with E-state index in [2.05, 4.69) is 5.32 Å². The molecule has 0 aliphatic rings. The van der Waals surface area contributed by atoms with Crippen LogP contribution in [0.25, 0.3) is 0 Å². The van der Waals surface area contributed by atoms with Crippen LogP contribution in [0.15, 0.2) is 41.3 Å². The van der Waals surface area contributed by atoms with Gasteiger partial charge in [0.2, 0.25) is 5.91 Å². The SMILES string of the molecule is CCN(CC(=O)Nc1c(Cl)cccc1Cl)C(=O)c1cc([N+](=O)[O-])cc(S(C)(=O)=O)c1. The van der Waals surface area contributed by atoms with Gasteiger partial charge in [-0.1, -0.05) is 29.3 Å². The summed E-state index contributed by atoms with van der Waals surface area (Å²) < 4.78 is 23.7. The summed E-state index contributed by atoms with van der Waals surface area (Å²) in [6.07, 6.45) is 0.874. The largest absolute Gasteiger partial charge is 0.330 e. The fourth-order valence-corrected chi connectivity index (χ4v) is 3.67. The molecular formula is C18H17Cl2N3O6S. The second-order valence-electron chi connectivity index (χ2n) is 6.21. The molecule has 2 amide bonds. The number of non-ortho nitro benzene ring substituents is 1. The number of carbonyl (C=O) groups excluding carboxylic acids is 2. The van der Waals surface area contributed by atoms with Crippen molar-refractivity contribution < 1.29 is 22.9 Å². The Labute approximate surface area is 182 Å². The molecule has 0 unspecified atom stereocenters. The molecule has 0 aliphatic heterocycles. The standard InChI is InChI=1S/C18H17Cl2N3O6S/c1-3-22(10-16(24)21-17-14(19)5-4-6-15(17)20)18(25)11-7-12(23(26)27)9-13(8-11)30(2,28)29/h4-9H,3,10H2,1-2H3,(H,21,24). The molecule has 30 heavy (non-hydrogen) atoms. The number of nitro benzene ring substituents is 1. The van der Waals surface area contributed by atoms with E-state index < -0.39 is 38.8 Å². The number of para-hydroxylation sites is 1. The molecule has 9 nitrogen and oxygen atoms in total. The van der Waals surface area contributed by atoms with Gasteiger partial charge < -0.3 is 10.2 Å². The van der Waals surface area contributed by atoms with E-state index >= 15 is 0 Å². The molecule has 1 N–H and O–H groups in total. The van der Waals surface area contributed by atoms with Crippen LogP contribution in [0.1, 0.15) is 17.3 Å². The lowest BCUT2D eigenvalue weighted by molar-refractivity contribution is -0.385. The minimum Gasteiger partial charge on any atom is -0.330 e. The number of amides is 2. The maximum atomic E-state index is 12.8. The smallest absolute Gasteiger partial charge is 0.271 e. The van der Waals surface area contributed by atoms with Crippen molar-refractivity contribution in [1.82, 2.24) is 4.90 Å². The van der Waals surface area contributed by atoms with Crippen molar-refractivity contribution in [1.29, 1.82) is 0 Å². The molecular weight excluding hydrogens is 457 g/mol. The van der Waals surface area contributed by atoms with Crippen LogP contribution in [-0.4, -0.2) is 49.4 Å². The van der Waals surface area contributed by atoms with E-state index in [-0.39, 0.29) is 32.7 Å². The number of anilines is 1. The molecule has 160 valence electrons. The molecule has 2 rings (SSSR count). The summed E-state index contributed by atoms with van der Waals surface area (Å²) in [5, 5.41) is 14.1. The first-order chi connectivity index (χ1) is 13.9. The predicted molar refractivity (Wildman–Crippen MR) is 113 cm³/mol. The molecule has 0 saturated heterocycles. The van der Waals surface area contributed by atoms with Crippen LogP contribution in [0.2, 0.25) is 10.0 Å². The van der Waals surface area contributed by atoms with Crippen molar-refractivity contribution in [3.8, 4) is 0 Å². The van der Waals surface area contributed by atoms with Crippen LogP contribution in [0.5, 0.6) is 0 Å². The summed E-state index contributed by atoms with van der Waals surface area (Å²) in [4.78, 5) is 36.3. The zero-order valence-corrected chi connectivity index (χ0v) is 18.2. The molecule has 0 radical (unpaired) electrons. The van der Waals surface area contributed by atoms with Crippen molar-refractivity contribution in [2.24, 2.45) is 0 Å². The highest BCUT2D eigenvalue weighted by Crippen LogP contribution is 2.29. The van der Waals surface area contributed by atoms with Crippen molar-refractivity contribution in [3.63, 3.8) is 0 Å². The number of carbonyl (C=O) groups is 2. The van der Waals surface area contributed by atoms with Gasteiger partial charge >= 0.3 is 0 Å². The van der Waals surface area contributed by atoms with Gasteiger partial charge in [-0.25, -0.2) is 8.42 Å². The molecule has 0 heterocycles. The van der Waals surface area contributed by atoms with E-state index in [1.807, 2.05) is 0 Å². The Morgan fingerprint density at radius 1 is 1.17 bits per heavy atom. The van der Waals surface area contributed by atoms with E-state index in [0.29, 0.717) is 0 Å². The average molecular weight is 474 g/mol. The summed E-state index contributed by atoms with van der Waals surface area (Å²) in [6, 6.07) is 7.53. The van der Waals surface area contributed by atoms with Gasteiger partial charge in [0.1, 0.15) is 6.54 Å². The number of rotatable bonds is 7. The third-order valence-corrected chi connectivity index (χ3v) is 5.73. The molecule has 2 aromatic carbocycles. The minimum atomic E-state index is -3.80. The fourth-order valence-electron chi connectivity index (χ4n) is 2.51. The Balaban J connectivity index is 2.30. The first-order valence-electron chi connectivity index (χ1n) is 8.46. The highest BCUT2D eigenvalue weighted by atomic mass is 35.5. The maximum Gasteiger partial charge on any atom is 0.271 e. The van der Waals surface area contributed by atoms with Gasteiger partial charge in [-0.3, -0.25) is 19.7 Å². The summed E-state index contributed by atoms with van der Waals surface area (Å²) >= 11 is 12.0. The third kappa shape index (κ3) is 5.68. The summed E-state index contributed by atoms with van der Waals surface area (Å²) in [5.41, 5.74) is -0.594. The number of halogens is 2. The number of hydrogen-bond donors (Lipinski definition) is 1. The Morgan fingerprint density at radius 2 is 1.77 bits per heavy atom. The highest BCUT2D eigenvalue weighted by Gasteiger charge is 2.23. The normalized spacial score (nSPS) is 11.1. The van der Waals surface area contributed by atoms with Gasteiger partial charge in [-0.15, -0.1) is 0 Å². The second kappa shape index (κ2) is 9.41. The average Bonchev–Trinajstić information content (AvgIpc) is 2.67. The van der Waals surface area contributed by atoms with Crippen LogP contribution < -0.4 is 5.32 Å². The van der Waals surface area contributed by atoms with Gasteiger partial charge in [-0.05, 0) is 25.1 Å². The van der Waals surface area contributed by atoms with E-state index in [9.17, 15) is 28.1 Å². The number of likely N-dealkylation sites (N-methyl/N-ethyl adjacent to an activating group) is 1. The summed E-state index contributed by atoms with van der Waals surface area (Å²) in [5.74, 6) is -1.35. The lowest BCUT2D eigenvalue weighted by Gasteiger charge is -2.21. The van der Waals surface area contributed by atoms with E-state index in [1.165, 1.54) is 12.1 Å². The molecule has 12 heteroatoms. The molecule has 0 bridgehead atoms. The van der Waals surface area contributed by atoms with Crippen LogP contribution in [0.4, 0.5) is 11.4 Å². The summed E-state index contributed by atoms with van der Waals surface area (Å²) in [7, 11) is -3.80. The van der Waals surface area contributed by atoms with E-state index in [0.717, 1.165) is 29.4 Å². The Hall–Kier alpha value is -2.69. The first kappa shape index (κ1) is 23.6. The molecule has 2 aromatic rings. The van der Waals surface area contributed by atoms with Crippen LogP contribution in [-0.2, 0) is 14.6 Å². The zero-order chi connectivity index (χ0) is 22.6. The van der Waals surface area contributed by atoms with Crippen molar-refractivity contribution in [3.05, 3.63) is 62.1 Å². The van der Waals surface area contributed by atoms with Crippen molar-refractivity contribution >= 4 is 56.2 Å². The van der Waals surface area contributed by atoms with Crippen LogP contribution >= 0.6 is 23.2 Å². The molecule has 0 saturated carbocycles. The Kier molecular flexibility index (Phi) is 7.40. The van der Waals surface area contributed by atoms with Gasteiger partial charge in [-0.2, -0.15) is 0 Å². The number of nitrogens with one attached hydrogen (secondary N) is 1. The van der Waals surface area contributed by atoms with Gasteiger partial charge in [0.05, 0.1) is 25.6 Å². The molecule has 0 aliphatic carbocycles. The Morgan fingerprint density at radius 3 is 2.27 bits per heavy atom. The van der Waals surface area contributed by atoms with Gasteiger partial charge in [0.15, 0.2) is 9.84 Å². The number of sulfone groups is 1. The molecule has 0 atom stereocenters. The summed E-state index contributed by atoms with van der Waals surface area (Å²) in [6.45, 7) is 1.27. The maximum absolute atomic E-state index is 12.8. The third-order valence-electron chi connectivity index (χ3n) is 4.01. The fraction of sp³-hybridized carbons (Fsp3) is 0.222. The topological polar surface area (TPSA) is 127 Å². The molecule has 0 aromatic heterocycles. The lowest BCUT2D eigenvalue weighted by Crippen LogP contribution is -2.38.